The number of hydrogen-bond donors (Lipinski definition) is 0. The first kappa shape index (κ1) is 18.1. The van der Waals surface area contributed by atoms with E-state index in [2.05, 4.69) is 47.9 Å². The highest BCUT2D eigenvalue weighted by Crippen LogP contribution is 2.20. The highest BCUT2D eigenvalue weighted by atomic mass is 16.5. The van der Waals surface area contributed by atoms with Crippen molar-refractivity contribution in [2.24, 2.45) is 0 Å². The number of piperidine rings is 1. The Balaban J connectivity index is 1.71. The quantitative estimate of drug-likeness (QED) is 0.588. The number of nitrogens with zero attached hydrogens (tertiary/aromatic N) is 2. The van der Waals surface area contributed by atoms with Crippen molar-refractivity contribution in [1.29, 1.82) is 0 Å². The average Bonchev–Trinajstić information content (AvgIpc) is 2.60. The molecule has 1 aliphatic rings. The molecule has 0 radical (unpaired) electrons. The molecule has 130 valence electrons. The van der Waals surface area contributed by atoms with E-state index in [1.54, 1.807) is 0 Å². The minimum atomic E-state index is 0.823. The third kappa shape index (κ3) is 6.42. The second-order valence-electron chi connectivity index (χ2n) is 6.59. The summed E-state index contributed by atoms with van der Waals surface area (Å²) >= 11 is 0. The second-order valence-corrected chi connectivity index (χ2v) is 6.59. The van der Waals surface area contributed by atoms with E-state index < -0.39 is 0 Å². The lowest BCUT2D eigenvalue weighted by molar-refractivity contribution is 0.205. The smallest absolute Gasteiger partial charge is 0.119 e. The number of benzene rings is 1. The fourth-order valence-corrected chi connectivity index (χ4v) is 3.32. The maximum Gasteiger partial charge on any atom is 0.119 e. The molecule has 0 spiro atoms. The summed E-state index contributed by atoms with van der Waals surface area (Å²) in [7, 11) is 0. The van der Waals surface area contributed by atoms with Crippen LogP contribution < -0.4 is 9.64 Å². The first-order valence-electron chi connectivity index (χ1n) is 9.53. The number of hydrogen-bond acceptors (Lipinski definition) is 3. The minimum absolute atomic E-state index is 0.823. The lowest BCUT2D eigenvalue weighted by atomic mass is 10.1. The predicted octanol–water partition coefficient (Wildman–Crippen LogP) is 4.57. The summed E-state index contributed by atoms with van der Waals surface area (Å²) in [5.74, 6) is 1.00. The molecule has 0 N–H and O–H groups in total. The largest absolute Gasteiger partial charge is 0.494 e. The molecule has 1 aromatic rings. The van der Waals surface area contributed by atoms with Crippen molar-refractivity contribution in [3.63, 3.8) is 0 Å². The van der Waals surface area contributed by atoms with Gasteiger partial charge in [0.15, 0.2) is 0 Å². The zero-order valence-corrected chi connectivity index (χ0v) is 15.1. The van der Waals surface area contributed by atoms with Crippen molar-refractivity contribution < 1.29 is 4.74 Å². The summed E-state index contributed by atoms with van der Waals surface area (Å²) in [6.45, 7) is 11.3. The van der Waals surface area contributed by atoms with Crippen molar-refractivity contribution >= 4 is 5.69 Å². The summed E-state index contributed by atoms with van der Waals surface area (Å²) in [5, 5.41) is 0. The van der Waals surface area contributed by atoms with Crippen molar-refractivity contribution in [2.75, 3.05) is 44.2 Å². The third-order valence-corrected chi connectivity index (χ3v) is 4.53. The van der Waals surface area contributed by atoms with Crippen molar-refractivity contribution in [3.8, 4) is 5.75 Å². The van der Waals surface area contributed by atoms with Gasteiger partial charge >= 0.3 is 0 Å². The monoisotopic (exact) mass is 318 g/mol. The van der Waals surface area contributed by atoms with E-state index in [1.807, 2.05) is 0 Å². The van der Waals surface area contributed by atoms with Gasteiger partial charge in [0.05, 0.1) is 6.61 Å². The molecular formula is C20H34N2O. The van der Waals surface area contributed by atoms with Gasteiger partial charge in [-0.3, -0.25) is 0 Å². The normalized spacial score (nSPS) is 15.6. The predicted molar refractivity (Wildman–Crippen MR) is 99.6 cm³/mol. The standard InChI is InChI=1S/C20H34N2O/c1-3-13-22(14-4-2)19-9-11-20(12-10-19)23-18-8-17-21-15-6-5-7-16-21/h9-12H,3-8,13-18H2,1-2H3. The fourth-order valence-electron chi connectivity index (χ4n) is 3.32. The zero-order chi connectivity index (χ0) is 16.3. The first-order chi connectivity index (χ1) is 11.3. The lowest BCUT2D eigenvalue weighted by Crippen LogP contribution is -2.31. The molecule has 0 aliphatic carbocycles. The van der Waals surface area contributed by atoms with Gasteiger partial charge in [-0.15, -0.1) is 0 Å². The molecule has 0 unspecified atom stereocenters. The Morgan fingerprint density at radius 3 is 2.22 bits per heavy atom. The molecule has 3 nitrogen and oxygen atoms in total. The average molecular weight is 319 g/mol. The van der Waals surface area contributed by atoms with Crippen LogP contribution >= 0.6 is 0 Å². The maximum absolute atomic E-state index is 5.91. The van der Waals surface area contributed by atoms with Crippen LogP contribution in [0.2, 0.25) is 0 Å². The lowest BCUT2D eigenvalue weighted by Gasteiger charge is -2.26. The Morgan fingerprint density at radius 2 is 1.61 bits per heavy atom. The van der Waals surface area contributed by atoms with Gasteiger partial charge < -0.3 is 14.5 Å². The summed E-state index contributed by atoms with van der Waals surface area (Å²) in [6.07, 6.45) is 7.65. The molecule has 0 aromatic heterocycles. The molecular weight excluding hydrogens is 284 g/mol. The minimum Gasteiger partial charge on any atom is -0.494 e. The summed E-state index contributed by atoms with van der Waals surface area (Å²) in [6, 6.07) is 8.64. The molecule has 1 aromatic carbocycles. The van der Waals surface area contributed by atoms with Gasteiger partial charge in [0.1, 0.15) is 5.75 Å². The van der Waals surface area contributed by atoms with Crippen LogP contribution in [-0.2, 0) is 0 Å². The van der Waals surface area contributed by atoms with Gasteiger partial charge in [-0.05, 0) is 69.5 Å². The molecule has 23 heavy (non-hydrogen) atoms. The Hall–Kier alpha value is -1.22. The Kier molecular flexibility index (Phi) is 8.30. The third-order valence-electron chi connectivity index (χ3n) is 4.53. The van der Waals surface area contributed by atoms with Crippen molar-refractivity contribution in [3.05, 3.63) is 24.3 Å². The van der Waals surface area contributed by atoms with Crippen molar-refractivity contribution in [1.82, 2.24) is 4.90 Å². The summed E-state index contributed by atoms with van der Waals surface area (Å²) in [4.78, 5) is 5.03. The van der Waals surface area contributed by atoms with Crippen LogP contribution in [0.3, 0.4) is 0 Å². The molecule has 0 atom stereocenters. The van der Waals surface area contributed by atoms with Gasteiger partial charge in [0.25, 0.3) is 0 Å². The molecule has 2 rings (SSSR count). The van der Waals surface area contributed by atoms with E-state index in [4.69, 9.17) is 4.74 Å². The van der Waals surface area contributed by atoms with Crippen LogP contribution in [-0.4, -0.2) is 44.2 Å². The highest BCUT2D eigenvalue weighted by molar-refractivity contribution is 5.49. The molecule has 0 amide bonds. The van der Waals surface area contributed by atoms with Crippen LogP contribution in [0.1, 0.15) is 52.4 Å². The van der Waals surface area contributed by atoms with Gasteiger partial charge in [-0.1, -0.05) is 20.3 Å². The Bertz CT molecular complexity index is 406. The van der Waals surface area contributed by atoms with Crippen LogP contribution in [0.25, 0.3) is 0 Å². The van der Waals surface area contributed by atoms with E-state index in [9.17, 15) is 0 Å². The van der Waals surface area contributed by atoms with Crippen molar-refractivity contribution in [2.45, 2.75) is 52.4 Å². The van der Waals surface area contributed by atoms with Gasteiger partial charge in [-0.2, -0.15) is 0 Å². The molecule has 1 saturated heterocycles. The van der Waals surface area contributed by atoms with Gasteiger partial charge in [0, 0.05) is 25.3 Å². The molecule has 1 fully saturated rings. The van der Waals surface area contributed by atoms with Crippen LogP contribution in [0.15, 0.2) is 24.3 Å². The van der Waals surface area contributed by atoms with Gasteiger partial charge in [0.2, 0.25) is 0 Å². The molecule has 3 heteroatoms. The number of rotatable bonds is 10. The topological polar surface area (TPSA) is 15.7 Å². The number of ether oxygens (including phenoxy) is 1. The van der Waals surface area contributed by atoms with Crippen LogP contribution in [0.4, 0.5) is 5.69 Å². The molecule has 0 bridgehead atoms. The zero-order valence-electron chi connectivity index (χ0n) is 15.1. The highest BCUT2D eigenvalue weighted by Gasteiger charge is 2.09. The molecule has 1 heterocycles. The van der Waals surface area contributed by atoms with Gasteiger partial charge in [-0.25, -0.2) is 0 Å². The maximum atomic E-state index is 5.91. The van der Waals surface area contributed by atoms with Crippen LogP contribution in [0.5, 0.6) is 5.75 Å². The molecule has 1 aliphatic heterocycles. The Morgan fingerprint density at radius 1 is 0.957 bits per heavy atom. The number of likely N-dealkylation sites (tertiary alicyclic amines) is 1. The van der Waals surface area contributed by atoms with Crippen LogP contribution in [0, 0.1) is 0 Å². The second kappa shape index (κ2) is 10.5. The Labute approximate surface area is 142 Å². The number of anilines is 1. The van der Waals surface area contributed by atoms with E-state index in [1.165, 1.54) is 57.4 Å². The van der Waals surface area contributed by atoms with E-state index >= 15 is 0 Å². The summed E-state index contributed by atoms with van der Waals surface area (Å²) in [5.41, 5.74) is 1.31. The van der Waals surface area contributed by atoms with E-state index in [0.29, 0.717) is 0 Å². The fraction of sp³-hybridized carbons (Fsp3) is 0.700. The van der Waals surface area contributed by atoms with E-state index in [-0.39, 0.29) is 0 Å². The molecule has 0 saturated carbocycles. The SMILES string of the molecule is CCCN(CCC)c1ccc(OCCCN2CCCCC2)cc1. The first-order valence-corrected chi connectivity index (χ1v) is 9.53. The van der Waals surface area contributed by atoms with E-state index in [0.717, 1.165) is 31.9 Å². The summed E-state index contributed by atoms with van der Waals surface area (Å²) < 4.78 is 5.91.